The standard InChI is InChI=1S/C25H39N5O2/c1-5-26-24(28-19-25(3,31)23-12-7-20(2)32-23)27-17-21-8-10-22(11-9-21)18-30-14-6-13-29(4)15-16-30/h7-12,31H,5-6,13-19H2,1-4H3,(H2,26,27,28). The Morgan fingerprint density at radius 1 is 1.06 bits per heavy atom. The van der Waals surface area contributed by atoms with Crippen LogP contribution in [-0.2, 0) is 18.7 Å². The van der Waals surface area contributed by atoms with Crippen LogP contribution in [0.5, 0.6) is 0 Å². The fraction of sp³-hybridized carbons (Fsp3) is 0.560. The molecule has 1 unspecified atom stereocenters. The summed E-state index contributed by atoms with van der Waals surface area (Å²) in [6.07, 6.45) is 1.23. The van der Waals surface area contributed by atoms with Crippen molar-refractivity contribution in [1.82, 2.24) is 20.4 Å². The van der Waals surface area contributed by atoms with Crippen LogP contribution in [0.3, 0.4) is 0 Å². The van der Waals surface area contributed by atoms with E-state index in [9.17, 15) is 5.11 Å². The van der Waals surface area contributed by atoms with E-state index in [-0.39, 0.29) is 0 Å². The molecule has 0 saturated carbocycles. The average Bonchev–Trinajstić information content (AvgIpc) is 3.12. The molecule has 0 aliphatic carbocycles. The van der Waals surface area contributed by atoms with E-state index in [4.69, 9.17) is 4.42 Å². The Balaban J connectivity index is 1.54. The topological polar surface area (TPSA) is 76.3 Å². The van der Waals surface area contributed by atoms with E-state index in [1.165, 1.54) is 18.5 Å². The van der Waals surface area contributed by atoms with Gasteiger partial charge in [-0.05, 0) is 70.6 Å². The molecule has 1 atom stereocenters. The van der Waals surface area contributed by atoms with Gasteiger partial charge in [-0.2, -0.15) is 0 Å². The molecule has 0 amide bonds. The second-order valence-corrected chi connectivity index (χ2v) is 8.98. The molecule has 0 bridgehead atoms. The van der Waals surface area contributed by atoms with E-state index < -0.39 is 5.60 Å². The number of furan rings is 1. The highest BCUT2D eigenvalue weighted by atomic mass is 16.4. The third kappa shape index (κ3) is 7.36. The van der Waals surface area contributed by atoms with Crippen LogP contribution in [0, 0.1) is 6.92 Å². The molecular formula is C25H39N5O2. The molecule has 1 fully saturated rings. The SMILES string of the molecule is CCNC(=NCc1ccc(CN2CCCN(C)CC2)cc1)NCC(C)(O)c1ccc(C)o1. The Morgan fingerprint density at radius 3 is 2.50 bits per heavy atom. The van der Waals surface area contributed by atoms with Crippen molar-refractivity contribution < 1.29 is 9.52 Å². The minimum Gasteiger partial charge on any atom is -0.463 e. The smallest absolute Gasteiger partial charge is 0.191 e. The predicted octanol–water partition coefficient (Wildman–Crippen LogP) is 2.69. The minimum absolute atomic E-state index is 0.301. The lowest BCUT2D eigenvalue weighted by Gasteiger charge is -2.23. The number of nitrogens with zero attached hydrogens (tertiary/aromatic N) is 3. The maximum atomic E-state index is 10.8. The van der Waals surface area contributed by atoms with Gasteiger partial charge in [0.15, 0.2) is 5.96 Å². The first-order valence-corrected chi connectivity index (χ1v) is 11.7. The lowest BCUT2D eigenvalue weighted by molar-refractivity contribution is 0.0378. The van der Waals surface area contributed by atoms with Crippen molar-refractivity contribution in [1.29, 1.82) is 0 Å². The molecule has 0 spiro atoms. The Morgan fingerprint density at radius 2 is 1.81 bits per heavy atom. The van der Waals surface area contributed by atoms with Gasteiger partial charge in [0.05, 0.1) is 13.1 Å². The fourth-order valence-corrected chi connectivity index (χ4v) is 3.85. The third-order valence-electron chi connectivity index (χ3n) is 5.88. The summed E-state index contributed by atoms with van der Waals surface area (Å²) in [4.78, 5) is 9.64. The van der Waals surface area contributed by atoms with Crippen LogP contribution in [-0.4, -0.2) is 67.2 Å². The van der Waals surface area contributed by atoms with Crippen molar-refractivity contribution in [2.45, 2.75) is 45.9 Å². The number of guanidine groups is 1. The van der Waals surface area contributed by atoms with Crippen LogP contribution in [0.25, 0.3) is 0 Å². The maximum absolute atomic E-state index is 10.8. The van der Waals surface area contributed by atoms with Crippen LogP contribution < -0.4 is 10.6 Å². The van der Waals surface area contributed by atoms with Crippen LogP contribution in [0.15, 0.2) is 45.8 Å². The number of likely N-dealkylation sites (N-methyl/N-ethyl adjacent to an activating group) is 1. The highest BCUT2D eigenvalue weighted by Crippen LogP contribution is 2.21. The number of aryl methyl sites for hydroxylation is 1. The second-order valence-electron chi connectivity index (χ2n) is 8.98. The molecule has 3 rings (SSSR count). The molecule has 0 radical (unpaired) electrons. The summed E-state index contributed by atoms with van der Waals surface area (Å²) in [5.74, 6) is 2.01. The maximum Gasteiger partial charge on any atom is 0.191 e. The molecule has 1 aliphatic heterocycles. The Kier molecular flexibility index (Phi) is 8.73. The molecule has 2 heterocycles. The minimum atomic E-state index is -1.12. The van der Waals surface area contributed by atoms with Crippen molar-refractivity contribution in [3.63, 3.8) is 0 Å². The van der Waals surface area contributed by atoms with Gasteiger partial charge in [0, 0.05) is 26.2 Å². The number of nitrogens with one attached hydrogen (secondary N) is 2. The Labute approximate surface area is 192 Å². The number of aliphatic hydroxyl groups is 1. The molecule has 3 N–H and O–H groups in total. The molecule has 1 aromatic carbocycles. The molecule has 7 nitrogen and oxygen atoms in total. The van der Waals surface area contributed by atoms with Gasteiger partial charge in [-0.3, -0.25) is 4.90 Å². The van der Waals surface area contributed by atoms with E-state index in [0.29, 0.717) is 24.8 Å². The van der Waals surface area contributed by atoms with Gasteiger partial charge in [0.1, 0.15) is 17.1 Å². The number of rotatable bonds is 8. The van der Waals surface area contributed by atoms with Crippen molar-refractivity contribution in [3.05, 3.63) is 59.0 Å². The summed E-state index contributed by atoms with van der Waals surface area (Å²) in [6, 6.07) is 12.4. The number of hydrogen-bond donors (Lipinski definition) is 3. The fourth-order valence-electron chi connectivity index (χ4n) is 3.85. The van der Waals surface area contributed by atoms with Gasteiger partial charge in [0.25, 0.3) is 0 Å². The Hall–Kier alpha value is -2.35. The van der Waals surface area contributed by atoms with E-state index in [0.717, 1.165) is 44.0 Å². The first-order valence-electron chi connectivity index (χ1n) is 11.7. The molecule has 7 heteroatoms. The number of aliphatic imine (C=N–C) groups is 1. The molecule has 32 heavy (non-hydrogen) atoms. The molecule has 176 valence electrons. The number of benzene rings is 1. The van der Waals surface area contributed by atoms with E-state index in [1.54, 1.807) is 6.92 Å². The van der Waals surface area contributed by atoms with Crippen molar-refractivity contribution in [3.8, 4) is 0 Å². The summed E-state index contributed by atoms with van der Waals surface area (Å²) in [5, 5.41) is 17.2. The highest BCUT2D eigenvalue weighted by molar-refractivity contribution is 5.79. The van der Waals surface area contributed by atoms with Gasteiger partial charge in [-0.25, -0.2) is 4.99 Å². The average molecular weight is 442 g/mol. The highest BCUT2D eigenvalue weighted by Gasteiger charge is 2.27. The van der Waals surface area contributed by atoms with Crippen molar-refractivity contribution in [2.24, 2.45) is 4.99 Å². The lowest BCUT2D eigenvalue weighted by Crippen LogP contribution is -2.44. The van der Waals surface area contributed by atoms with Crippen LogP contribution in [0.1, 0.15) is 42.9 Å². The summed E-state index contributed by atoms with van der Waals surface area (Å²) in [6.45, 7) is 12.9. The summed E-state index contributed by atoms with van der Waals surface area (Å²) in [5.41, 5.74) is 1.39. The molecule has 1 saturated heterocycles. The molecule has 2 aromatic rings. The van der Waals surface area contributed by atoms with Crippen molar-refractivity contribution >= 4 is 5.96 Å². The zero-order valence-electron chi connectivity index (χ0n) is 20.0. The van der Waals surface area contributed by atoms with Gasteiger partial charge in [0.2, 0.25) is 0 Å². The summed E-state index contributed by atoms with van der Waals surface area (Å²) in [7, 11) is 2.20. The Bertz CT molecular complexity index is 859. The zero-order chi connectivity index (χ0) is 23.0. The molecular weight excluding hydrogens is 402 g/mol. The largest absolute Gasteiger partial charge is 0.463 e. The van der Waals surface area contributed by atoms with Gasteiger partial charge in [-0.15, -0.1) is 0 Å². The number of hydrogen-bond acceptors (Lipinski definition) is 5. The van der Waals surface area contributed by atoms with Crippen LogP contribution in [0.4, 0.5) is 0 Å². The normalized spacial score (nSPS) is 18.2. The second kappa shape index (κ2) is 11.5. The first-order chi connectivity index (χ1) is 15.4. The van der Waals surface area contributed by atoms with E-state index >= 15 is 0 Å². The first kappa shape index (κ1) is 24.3. The molecule has 1 aromatic heterocycles. The third-order valence-corrected chi connectivity index (χ3v) is 5.88. The monoisotopic (exact) mass is 441 g/mol. The van der Waals surface area contributed by atoms with Crippen molar-refractivity contribution in [2.75, 3.05) is 46.3 Å². The van der Waals surface area contributed by atoms with Crippen LogP contribution in [0.2, 0.25) is 0 Å². The summed E-state index contributed by atoms with van der Waals surface area (Å²) >= 11 is 0. The van der Waals surface area contributed by atoms with Gasteiger partial charge < -0.3 is 25.1 Å². The molecule has 1 aliphatic rings. The van der Waals surface area contributed by atoms with Crippen LogP contribution >= 0.6 is 0 Å². The van der Waals surface area contributed by atoms with E-state index in [1.807, 2.05) is 26.0 Å². The lowest BCUT2D eigenvalue weighted by atomic mass is 10.0. The van der Waals surface area contributed by atoms with E-state index in [2.05, 4.69) is 56.7 Å². The zero-order valence-corrected chi connectivity index (χ0v) is 20.0. The predicted molar refractivity (Wildman–Crippen MR) is 130 cm³/mol. The van der Waals surface area contributed by atoms with Gasteiger partial charge >= 0.3 is 0 Å². The summed E-state index contributed by atoms with van der Waals surface area (Å²) < 4.78 is 5.59. The van der Waals surface area contributed by atoms with Gasteiger partial charge in [-0.1, -0.05) is 24.3 Å². The quantitative estimate of drug-likeness (QED) is 0.432.